The van der Waals surface area contributed by atoms with Gasteiger partial charge in [-0.2, -0.15) is 0 Å². The lowest BCUT2D eigenvalue weighted by Crippen LogP contribution is -2.45. The fourth-order valence-corrected chi connectivity index (χ4v) is 11.1. The first-order chi connectivity index (χ1) is 39.5. The Morgan fingerprint density at radius 3 is 0.975 bits per heavy atom. The van der Waals surface area contributed by atoms with Gasteiger partial charge in [-0.05, 0) is 89.9 Å². The van der Waals surface area contributed by atoms with Crippen LogP contribution in [-0.4, -0.2) is 47.4 Å². The maximum absolute atomic E-state index is 12.5. The van der Waals surface area contributed by atoms with Gasteiger partial charge >= 0.3 is 5.97 Å². The maximum atomic E-state index is 12.5. The first kappa shape index (κ1) is 77.8. The highest BCUT2D eigenvalue weighted by Crippen LogP contribution is 2.18. The third kappa shape index (κ3) is 65.0. The maximum Gasteiger partial charge on any atom is 0.305 e. The van der Waals surface area contributed by atoms with Gasteiger partial charge in [0.25, 0.3) is 0 Å². The van der Waals surface area contributed by atoms with E-state index in [1.165, 1.54) is 308 Å². The van der Waals surface area contributed by atoms with Crippen LogP contribution in [0.1, 0.15) is 386 Å². The minimum Gasteiger partial charge on any atom is -0.466 e. The van der Waals surface area contributed by atoms with Crippen molar-refractivity contribution in [2.75, 3.05) is 13.2 Å². The molecule has 0 heterocycles. The van der Waals surface area contributed by atoms with Gasteiger partial charge in [0.15, 0.2) is 0 Å². The van der Waals surface area contributed by atoms with Gasteiger partial charge in [-0.15, -0.1) is 0 Å². The largest absolute Gasteiger partial charge is 0.466 e. The number of unbranched alkanes of at least 4 members (excludes halogenated alkanes) is 50. The predicted octanol–water partition coefficient (Wildman–Crippen LogP) is 23.3. The summed E-state index contributed by atoms with van der Waals surface area (Å²) in [6.07, 6.45) is 90.4. The van der Waals surface area contributed by atoms with Crippen molar-refractivity contribution >= 4 is 11.9 Å². The Morgan fingerprint density at radius 2 is 0.625 bits per heavy atom. The number of carbonyl (C=O) groups excluding carboxylic acids is 2. The summed E-state index contributed by atoms with van der Waals surface area (Å²) in [5.74, 6) is -0.0587. The molecular weight excluding hydrogens is 983 g/mol. The Morgan fingerprint density at radius 1 is 0.350 bits per heavy atom. The van der Waals surface area contributed by atoms with Gasteiger partial charge < -0.3 is 20.3 Å². The predicted molar refractivity (Wildman–Crippen MR) is 352 cm³/mol. The van der Waals surface area contributed by atoms with E-state index in [0.29, 0.717) is 19.4 Å². The van der Waals surface area contributed by atoms with E-state index in [-0.39, 0.29) is 18.5 Å². The highest BCUT2D eigenvalue weighted by Gasteiger charge is 2.18. The average molecular weight is 1120 g/mol. The van der Waals surface area contributed by atoms with Crippen LogP contribution in [0.3, 0.4) is 0 Å². The molecule has 0 aromatic heterocycles. The smallest absolute Gasteiger partial charge is 0.305 e. The molecule has 0 saturated carbocycles. The molecule has 6 nitrogen and oxygen atoms in total. The van der Waals surface area contributed by atoms with E-state index in [9.17, 15) is 19.8 Å². The second-order valence-electron chi connectivity index (χ2n) is 24.6. The van der Waals surface area contributed by atoms with Gasteiger partial charge in [0.05, 0.1) is 25.4 Å². The van der Waals surface area contributed by atoms with Gasteiger partial charge in [0, 0.05) is 12.8 Å². The molecule has 0 aromatic carbocycles. The molecule has 0 aromatic rings. The number of ether oxygens (including phenoxy) is 1. The number of hydrogen-bond acceptors (Lipinski definition) is 5. The van der Waals surface area contributed by atoms with Crippen molar-refractivity contribution in [3.05, 3.63) is 48.6 Å². The third-order valence-corrected chi connectivity index (χ3v) is 16.6. The van der Waals surface area contributed by atoms with Gasteiger partial charge in [-0.25, -0.2) is 0 Å². The summed E-state index contributed by atoms with van der Waals surface area (Å²) in [5.41, 5.74) is 0. The minimum atomic E-state index is -0.846. The molecule has 2 unspecified atom stereocenters. The van der Waals surface area contributed by atoms with Crippen LogP contribution in [0.25, 0.3) is 0 Å². The third-order valence-electron chi connectivity index (χ3n) is 16.6. The van der Waals surface area contributed by atoms with E-state index in [2.05, 4.69) is 55.6 Å². The first-order valence-corrected chi connectivity index (χ1v) is 35.9. The Balaban J connectivity index is 3.40. The van der Waals surface area contributed by atoms with Crippen molar-refractivity contribution in [3.63, 3.8) is 0 Å². The molecule has 470 valence electrons. The number of aliphatic hydroxyl groups excluding tert-OH is 2. The van der Waals surface area contributed by atoms with Crippen molar-refractivity contribution in [1.82, 2.24) is 5.32 Å². The molecule has 0 spiro atoms. The molecule has 1 amide bonds. The van der Waals surface area contributed by atoms with Gasteiger partial charge in [0.1, 0.15) is 0 Å². The molecule has 2 atom stereocenters. The van der Waals surface area contributed by atoms with Crippen LogP contribution in [0.4, 0.5) is 0 Å². The minimum absolute atomic E-state index is 0.00761. The molecule has 0 saturated heterocycles. The lowest BCUT2D eigenvalue weighted by molar-refractivity contribution is -0.143. The number of hydrogen-bond donors (Lipinski definition) is 3. The van der Waals surface area contributed by atoms with Crippen LogP contribution < -0.4 is 5.32 Å². The van der Waals surface area contributed by atoms with Crippen LogP contribution in [0.2, 0.25) is 0 Å². The van der Waals surface area contributed by atoms with Crippen molar-refractivity contribution < 1.29 is 24.5 Å². The molecule has 80 heavy (non-hydrogen) atoms. The summed E-state index contributed by atoms with van der Waals surface area (Å²) >= 11 is 0. The van der Waals surface area contributed by atoms with Gasteiger partial charge in [-0.3, -0.25) is 9.59 Å². The van der Waals surface area contributed by atoms with E-state index in [4.69, 9.17) is 4.74 Å². The van der Waals surface area contributed by atoms with E-state index in [1.807, 2.05) is 6.08 Å². The Hall–Kier alpha value is -2.18. The van der Waals surface area contributed by atoms with Crippen molar-refractivity contribution in [2.45, 2.75) is 398 Å². The van der Waals surface area contributed by atoms with Crippen molar-refractivity contribution in [2.24, 2.45) is 0 Å². The summed E-state index contributed by atoms with van der Waals surface area (Å²) in [6, 6.07) is -0.630. The number of allylic oxidation sites excluding steroid dienone is 7. The van der Waals surface area contributed by atoms with E-state index < -0.39 is 12.1 Å². The van der Waals surface area contributed by atoms with Gasteiger partial charge in [-0.1, -0.05) is 332 Å². The summed E-state index contributed by atoms with van der Waals surface area (Å²) in [4.78, 5) is 24.6. The summed E-state index contributed by atoms with van der Waals surface area (Å²) in [7, 11) is 0. The molecule has 0 bridgehead atoms. The van der Waals surface area contributed by atoms with Crippen LogP contribution in [0.5, 0.6) is 0 Å². The summed E-state index contributed by atoms with van der Waals surface area (Å²) < 4.78 is 5.50. The Kier molecular flexibility index (Phi) is 67.4. The normalized spacial score (nSPS) is 12.8. The molecular formula is C74H139NO5. The SMILES string of the molecule is CCCCCC/C=C\C/C=C\CCCCCCCCCC(=O)OCCCCCCCCCCCCCC/C=C\CCCCCCCCCCCCCC(=O)NC(CO)C(O)/C=C/CCCCCCCCCCCCCCCCCC. The quantitative estimate of drug-likeness (QED) is 0.0320. The number of carbonyl (C=O) groups is 2. The van der Waals surface area contributed by atoms with Crippen molar-refractivity contribution in [1.29, 1.82) is 0 Å². The molecule has 0 fully saturated rings. The van der Waals surface area contributed by atoms with Gasteiger partial charge in [0.2, 0.25) is 5.91 Å². The zero-order valence-electron chi connectivity index (χ0n) is 53.8. The number of amides is 1. The number of aliphatic hydroxyl groups is 2. The monoisotopic (exact) mass is 1120 g/mol. The van der Waals surface area contributed by atoms with E-state index in [0.717, 1.165) is 51.4 Å². The molecule has 3 N–H and O–H groups in total. The Labute approximate surface area is 499 Å². The van der Waals surface area contributed by atoms with Crippen LogP contribution in [0, 0.1) is 0 Å². The molecule has 0 radical (unpaired) electrons. The number of nitrogens with one attached hydrogen (secondary N) is 1. The van der Waals surface area contributed by atoms with E-state index in [1.54, 1.807) is 6.08 Å². The molecule has 0 aliphatic rings. The second-order valence-corrected chi connectivity index (χ2v) is 24.6. The fourth-order valence-electron chi connectivity index (χ4n) is 11.1. The van der Waals surface area contributed by atoms with Crippen LogP contribution in [0.15, 0.2) is 48.6 Å². The molecule has 0 rings (SSSR count). The topological polar surface area (TPSA) is 95.9 Å². The van der Waals surface area contributed by atoms with Crippen molar-refractivity contribution in [3.8, 4) is 0 Å². The highest BCUT2D eigenvalue weighted by molar-refractivity contribution is 5.76. The zero-order chi connectivity index (χ0) is 57.8. The zero-order valence-corrected chi connectivity index (χ0v) is 53.8. The lowest BCUT2D eigenvalue weighted by Gasteiger charge is -2.20. The molecule has 6 heteroatoms. The molecule has 0 aliphatic heterocycles. The highest BCUT2D eigenvalue weighted by atomic mass is 16.5. The standard InChI is InChI=1S/C74H139NO5/c1-3-5-7-9-11-13-15-17-19-21-34-38-42-46-50-54-58-62-66-72(77)71(70-76)75-73(78)67-63-59-55-51-47-43-39-35-32-30-28-26-24-23-25-27-29-31-33-37-41-45-49-53-57-61-65-69-80-74(79)68-64-60-56-52-48-44-40-36-22-20-18-16-14-12-10-8-6-4-2/h14,16,20,22-24,62,66,71-72,76-77H,3-13,15,17-19,21,25-61,63-65,67-70H2,1-2H3,(H,75,78)/b16-14-,22-20-,24-23-,66-62+. The first-order valence-electron chi connectivity index (χ1n) is 35.9. The van der Waals surface area contributed by atoms with E-state index >= 15 is 0 Å². The number of rotatable bonds is 67. The summed E-state index contributed by atoms with van der Waals surface area (Å²) in [6.45, 7) is 4.91. The lowest BCUT2D eigenvalue weighted by atomic mass is 10.0. The Bertz CT molecular complexity index is 1340. The molecule has 0 aliphatic carbocycles. The fraction of sp³-hybridized carbons (Fsp3) is 0.865. The number of esters is 1. The summed E-state index contributed by atoms with van der Waals surface area (Å²) in [5, 5.41) is 23.2. The van der Waals surface area contributed by atoms with Crippen LogP contribution >= 0.6 is 0 Å². The second kappa shape index (κ2) is 69.3. The van der Waals surface area contributed by atoms with Crippen LogP contribution in [-0.2, 0) is 14.3 Å². The average Bonchev–Trinajstić information content (AvgIpc) is 3.46.